The summed E-state index contributed by atoms with van der Waals surface area (Å²) >= 11 is 0. The van der Waals surface area contributed by atoms with Crippen LogP contribution in [0.3, 0.4) is 0 Å². The SMILES string of the molecule is CC(C)(C)OC(=O)N1CC(c2nn(-c3ccc(OC(F)(F)F)cc3)c3nccc(C#N)c23)C1. The van der Waals surface area contributed by atoms with E-state index in [1.54, 1.807) is 31.7 Å². The summed E-state index contributed by atoms with van der Waals surface area (Å²) in [5.41, 5.74) is 1.19. The van der Waals surface area contributed by atoms with E-state index in [0.29, 0.717) is 41.1 Å². The smallest absolute Gasteiger partial charge is 0.444 e. The van der Waals surface area contributed by atoms with Crippen LogP contribution in [0.4, 0.5) is 18.0 Å². The van der Waals surface area contributed by atoms with Crippen molar-refractivity contribution in [2.24, 2.45) is 0 Å². The lowest BCUT2D eigenvalue weighted by atomic mass is 9.93. The molecule has 0 radical (unpaired) electrons. The van der Waals surface area contributed by atoms with Gasteiger partial charge in [0.05, 0.1) is 22.3 Å². The Morgan fingerprint density at radius 2 is 1.82 bits per heavy atom. The Kier molecular flexibility index (Phi) is 5.40. The molecular formula is C22H20F3N5O3. The van der Waals surface area contributed by atoms with Gasteiger partial charge in [0.2, 0.25) is 0 Å². The van der Waals surface area contributed by atoms with Gasteiger partial charge in [-0.2, -0.15) is 10.4 Å². The van der Waals surface area contributed by atoms with E-state index in [9.17, 15) is 23.2 Å². The minimum absolute atomic E-state index is 0.148. The number of carbonyl (C=O) groups excluding carboxylic acids is 1. The van der Waals surface area contributed by atoms with E-state index >= 15 is 0 Å². The zero-order valence-electron chi connectivity index (χ0n) is 18.1. The second-order valence-electron chi connectivity index (χ2n) is 8.59. The Balaban J connectivity index is 1.66. The Bertz CT molecular complexity index is 1230. The number of aromatic nitrogens is 3. The molecule has 2 aromatic heterocycles. The third kappa shape index (κ3) is 4.69. The molecule has 33 heavy (non-hydrogen) atoms. The lowest BCUT2D eigenvalue weighted by Crippen LogP contribution is -2.50. The predicted molar refractivity (Wildman–Crippen MR) is 111 cm³/mol. The normalized spacial score (nSPS) is 14.6. The number of ether oxygens (including phenoxy) is 2. The lowest BCUT2D eigenvalue weighted by molar-refractivity contribution is -0.274. The van der Waals surface area contributed by atoms with E-state index in [2.05, 4.69) is 20.9 Å². The van der Waals surface area contributed by atoms with Gasteiger partial charge in [-0.05, 0) is 51.1 Å². The second kappa shape index (κ2) is 7.95. The molecule has 3 heterocycles. The minimum atomic E-state index is -4.79. The molecule has 0 spiro atoms. The van der Waals surface area contributed by atoms with Gasteiger partial charge in [0.25, 0.3) is 0 Å². The fourth-order valence-electron chi connectivity index (χ4n) is 3.54. The molecule has 1 aliphatic rings. The van der Waals surface area contributed by atoms with Crippen molar-refractivity contribution in [3.63, 3.8) is 0 Å². The number of benzene rings is 1. The number of halogens is 3. The number of hydrogen-bond donors (Lipinski definition) is 0. The van der Waals surface area contributed by atoms with E-state index < -0.39 is 18.1 Å². The zero-order chi connectivity index (χ0) is 24.0. The highest BCUT2D eigenvalue weighted by Gasteiger charge is 2.38. The quantitative estimate of drug-likeness (QED) is 0.572. The maximum Gasteiger partial charge on any atom is 0.573 e. The molecule has 0 unspecified atom stereocenters. The van der Waals surface area contributed by atoms with Crippen LogP contribution in [0.25, 0.3) is 16.7 Å². The number of carbonyl (C=O) groups is 1. The third-order valence-electron chi connectivity index (χ3n) is 4.95. The molecule has 1 aromatic carbocycles. The number of amides is 1. The molecule has 1 amide bonds. The maximum atomic E-state index is 12.5. The molecule has 3 aromatic rings. The van der Waals surface area contributed by atoms with Crippen molar-refractivity contribution in [2.75, 3.05) is 13.1 Å². The number of nitriles is 1. The van der Waals surface area contributed by atoms with Gasteiger partial charge >= 0.3 is 12.5 Å². The fourth-order valence-corrected chi connectivity index (χ4v) is 3.54. The van der Waals surface area contributed by atoms with Crippen LogP contribution in [-0.4, -0.2) is 50.8 Å². The van der Waals surface area contributed by atoms with Gasteiger partial charge in [-0.25, -0.2) is 14.5 Å². The van der Waals surface area contributed by atoms with E-state index in [0.717, 1.165) is 0 Å². The average molecular weight is 459 g/mol. The van der Waals surface area contributed by atoms with Crippen LogP contribution in [0.15, 0.2) is 36.5 Å². The van der Waals surface area contributed by atoms with Crippen molar-refractivity contribution in [3.8, 4) is 17.5 Å². The second-order valence-corrected chi connectivity index (χ2v) is 8.59. The van der Waals surface area contributed by atoms with E-state index in [1.165, 1.54) is 35.1 Å². The van der Waals surface area contributed by atoms with E-state index in [-0.39, 0.29) is 11.7 Å². The number of fused-ring (bicyclic) bond motifs is 1. The Hall–Kier alpha value is -3.81. The Morgan fingerprint density at radius 1 is 1.15 bits per heavy atom. The summed E-state index contributed by atoms with van der Waals surface area (Å²) in [6.07, 6.45) is -3.75. The summed E-state index contributed by atoms with van der Waals surface area (Å²) in [4.78, 5) is 18.2. The number of pyridine rings is 1. The molecular weight excluding hydrogens is 439 g/mol. The highest BCUT2D eigenvalue weighted by Crippen LogP contribution is 2.35. The average Bonchev–Trinajstić information content (AvgIpc) is 3.04. The van der Waals surface area contributed by atoms with Gasteiger partial charge < -0.3 is 14.4 Å². The van der Waals surface area contributed by atoms with E-state index in [4.69, 9.17) is 4.74 Å². The standard InChI is InChI=1S/C22H20F3N5O3/c1-21(2,3)33-20(31)29-11-14(12-29)18-17-13(10-26)8-9-27-19(17)30(28-18)15-4-6-16(7-5-15)32-22(23,24)25/h4-9,14H,11-12H2,1-3H3. The van der Waals surface area contributed by atoms with Gasteiger partial charge in [0.15, 0.2) is 5.65 Å². The number of likely N-dealkylation sites (tertiary alicyclic amines) is 1. The van der Waals surface area contributed by atoms with Crippen molar-refractivity contribution in [2.45, 2.75) is 38.7 Å². The number of rotatable bonds is 3. The van der Waals surface area contributed by atoms with Crippen LogP contribution in [-0.2, 0) is 4.74 Å². The molecule has 1 aliphatic heterocycles. The molecule has 0 N–H and O–H groups in total. The molecule has 11 heteroatoms. The van der Waals surface area contributed by atoms with Crippen molar-refractivity contribution in [1.29, 1.82) is 5.26 Å². The molecule has 1 fully saturated rings. The summed E-state index contributed by atoms with van der Waals surface area (Å²) in [5.74, 6) is -0.508. The molecule has 172 valence electrons. The summed E-state index contributed by atoms with van der Waals surface area (Å²) in [6, 6.07) is 8.91. The summed E-state index contributed by atoms with van der Waals surface area (Å²) in [5, 5.41) is 14.8. The van der Waals surface area contributed by atoms with Crippen LogP contribution in [0, 0.1) is 11.3 Å². The minimum Gasteiger partial charge on any atom is -0.444 e. The summed E-state index contributed by atoms with van der Waals surface area (Å²) in [6.45, 7) is 6.08. The number of alkyl halides is 3. The molecule has 0 bridgehead atoms. The monoisotopic (exact) mass is 459 g/mol. The van der Waals surface area contributed by atoms with Gasteiger partial charge in [-0.3, -0.25) is 0 Å². The largest absolute Gasteiger partial charge is 0.573 e. The van der Waals surface area contributed by atoms with Crippen LogP contribution >= 0.6 is 0 Å². The fraction of sp³-hybridized carbons (Fsp3) is 0.364. The lowest BCUT2D eigenvalue weighted by Gasteiger charge is -2.39. The highest BCUT2D eigenvalue weighted by molar-refractivity contribution is 5.87. The zero-order valence-corrected chi connectivity index (χ0v) is 18.1. The third-order valence-corrected chi connectivity index (χ3v) is 4.95. The topological polar surface area (TPSA) is 93.3 Å². The van der Waals surface area contributed by atoms with Crippen molar-refractivity contribution in [1.82, 2.24) is 19.7 Å². The Morgan fingerprint density at radius 3 is 2.39 bits per heavy atom. The summed E-state index contributed by atoms with van der Waals surface area (Å²) in [7, 11) is 0. The number of nitrogens with zero attached hydrogens (tertiary/aromatic N) is 5. The van der Waals surface area contributed by atoms with Crippen LogP contribution in [0.2, 0.25) is 0 Å². The predicted octanol–water partition coefficient (Wildman–Crippen LogP) is 4.53. The number of hydrogen-bond acceptors (Lipinski definition) is 6. The van der Waals surface area contributed by atoms with Gasteiger partial charge in [-0.1, -0.05) is 0 Å². The van der Waals surface area contributed by atoms with Crippen LogP contribution in [0.5, 0.6) is 5.75 Å². The van der Waals surface area contributed by atoms with Crippen molar-refractivity contribution in [3.05, 3.63) is 47.8 Å². The molecule has 0 atom stereocenters. The molecule has 8 nitrogen and oxygen atoms in total. The van der Waals surface area contributed by atoms with Crippen molar-refractivity contribution >= 4 is 17.1 Å². The van der Waals surface area contributed by atoms with E-state index in [1.807, 2.05) is 0 Å². The molecule has 1 saturated heterocycles. The molecule has 0 saturated carbocycles. The first kappa shape index (κ1) is 22.4. The first-order valence-corrected chi connectivity index (χ1v) is 10.1. The molecule has 4 rings (SSSR count). The first-order valence-electron chi connectivity index (χ1n) is 10.1. The van der Waals surface area contributed by atoms with Crippen molar-refractivity contribution < 1.29 is 27.4 Å². The van der Waals surface area contributed by atoms with Crippen LogP contribution in [0.1, 0.15) is 37.9 Å². The van der Waals surface area contributed by atoms with Gasteiger partial charge in [-0.15, -0.1) is 13.2 Å². The highest BCUT2D eigenvalue weighted by atomic mass is 19.4. The molecule has 0 aliphatic carbocycles. The summed E-state index contributed by atoms with van der Waals surface area (Å²) < 4.78 is 48.1. The van der Waals surface area contributed by atoms with Gasteiger partial charge in [0, 0.05) is 25.2 Å². The van der Waals surface area contributed by atoms with Crippen LogP contribution < -0.4 is 4.74 Å². The van der Waals surface area contributed by atoms with Gasteiger partial charge in [0.1, 0.15) is 17.4 Å². The maximum absolute atomic E-state index is 12.5. The first-order chi connectivity index (χ1) is 15.4. The Labute approximate surface area is 187 Å².